The molecular weight excluding hydrogens is 683 g/mol. The van der Waals surface area contributed by atoms with E-state index in [1.54, 1.807) is 0 Å². The van der Waals surface area contributed by atoms with Gasteiger partial charge >= 0.3 is 12.1 Å². The minimum atomic E-state index is -0.0140. The number of amides is 4. The zero-order valence-corrected chi connectivity index (χ0v) is 37.4. The molecule has 0 aliphatic carbocycles. The lowest BCUT2D eigenvalue weighted by Gasteiger charge is -2.21. The van der Waals surface area contributed by atoms with Crippen LogP contribution in [0.1, 0.15) is 227 Å². The first-order valence-corrected chi connectivity index (χ1v) is 24.4. The molecule has 0 saturated carbocycles. The number of carbonyl (C=O) groups excluding carboxylic acids is 2. The number of urea groups is 2. The van der Waals surface area contributed by atoms with Crippen LogP contribution in [0.5, 0.6) is 0 Å². The van der Waals surface area contributed by atoms with Crippen LogP contribution in [0.15, 0.2) is 0 Å². The van der Waals surface area contributed by atoms with E-state index in [1.165, 1.54) is 154 Å². The van der Waals surface area contributed by atoms with Crippen molar-refractivity contribution in [1.82, 2.24) is 26.2 Å². The molecule has 4 amide bonds. The van der Waals surface area contributed by atoms with Crippen LogP contribution in [0, 0.1) is 11.8 Å². The molecule has 8 nitrogen and oxygen atoms in total. The molecule has 0 fully saturated rings. The van der Waals surface area contributed by atoms with Crippen molar-refractivity contribution in [2.75, 3.05) is 52.4 Å². The van der Waals surface area contributed by atoms with E-state index < -0.39 is 0 Å². The van der Waals surface area contributed by atoms with Crippen LogP contribution in [-0.2, 0) is 0 Å². The molecule has 0 aromatic carbocycles. The van der Waals surface area contributed by atoms with Crippen molar-refractivity contribution in [2.24, 2.45) is 11.8 Å². The molecule has 5 N–H and O–H groups in total. The van der Waals surface area contributed by atoms with Gasteiger partial charge in [-0.15, -0.1) is 0 Å². The molecule has 0 bridgehead atoms. The number of aliphatic hydroxyl groups excluding tert-OH is 1. The summed E-state index contributed by atoms with van der Waals surface area (Å²) in [7, 11) is 0. The Hall–Kier alpha value is -1.54. The third-order valence-corrected chi connectivity index (χ3v) is 11.5. The highest BCUT2D eigenvalue weighted by atomic mass is 16.3. The van der Waals surface area contributed by atoms with Crippen LogP contribution in [0.25, 0.3) is 0 Å². The van der Waals surface area contributed by atoms with Gasteiger partial charge in [-0.3, -0.25) is 0 Å². The second-order valence-electron chi connectivity index (χ2n) is 16.9. The largest absolute Gasteiger partial charge is 0.395 e. The fourth-order valence-electron chi connectivity index (χ4n) is 7.77. The fraction of sp³-hybridized carbons (Fsp3) is 0.957. The lowest BCUT2D eigenvalue weighted by molar-refractivity contribution is 0.190. The van der Waals surface area contributed by atoms with Gasteiger partial charge in [0.2, 0.25) is 0 Å². The summed E-state index contributed by atoms with van der Waals surface area (Å²) in [6.45, 7) is 15.0. The maximum atomic E-state index is 12.5. The third-order valence-electron chi connectivity index (χ3n) is 11.5. The van der Waals surface area contributed by atoms with Crippen molar-refractivity contribution in [3.63, 3.8) is 0 Å². The van der Waals surface area contributed by atoms with E-state index in [2.05, 4.69) is 53.9 Å². The van der Waals surface area contributed by atoms with Gasteiger partial charge in [-0.05, 0) is 76.3 Å². The Balaban J connectivity index is 4.10. The highest BCUT2D eigenvalue weighted by molar-refractivity contribution is 5.74. The Labute approximate surface area is 343 Å². The van der Waals surface area contributed by atoms with E-state index in [-0.39, 0.29) is 18.7 Å². The molecule has 0 radical (unpaired) electrons. The number of nitrogens with zero attached hydrogens (tertiary/aromatic N) is 1. The predicted molar refractivity (Wildman–Crippen MR) is 239 cm³/mol. The van der Waals surface area contributed by atoms with E-state index in [9.17, 15) is 14.7 Å². The van der Waals surface area contributed by atoms with E-state index in [4.69, 9.17) is 0 Å². The zero-order chi connectivity index (χ0) is 40.3. The normalized spacial score (nSPS) is 12.5. The first-order chi connectivity index (χ1) is 27.0. The molecular formula is C47H97N5O3. The Morgan fingerprint density at radius 1 is 0.400 bits per heavy atom. The molecule has 0 rings (SSSR count). The van der Waals surface area contributed by atoms with Crippen molar-refractivity contribution in [3.05, 3.63) is 0 Å². The van der Waals surface area contributed by atoms with Gasteiger partial charge < -0.3 is 31.3 Å². The number of rotatable bonds is 43. The summed E-state index contributed by atoms with van der Waals surface area (Å²) in [5.41, 5.74) is 0. The number of nitrogens with one attached hydrogen (secondary N) is 4. The first kappa shape index (κ1) is 53.5. The maximum Gasteiger partial charge on any atom is 0.314 e. The second kappa shape index (κ2) is 43.6. The summed E-state index contributed by atoms with van der Waals surface area (Å²) >= 11 is 0. The van der Waals surface area contributed by atoms with Gasteiger partial charge in [0.1, 0.15) is 0 Å². The fourth-order valence-corrected chi connectivity index (χ4v) is 7.77. The highest BCUT2D eigenvalue weighted by Gasteiger charge is 2.12. The number of carbonyl (C=O) groups is 2. The average Bonchev–Trinajstić information content (AvgIpc) is 3.18. The molecule has 8 heteroatoms. The van der Waals surface area contributed by atoms with Gasteiger partial charge in [0.25, 0.3) is 0 Å². The molecule has 0 aromatic heterocycles. The molecule has 0 spiro atoms. The summed E-state index contributed by atoms with van der Waals surface area (Å²) in [5.74, 6) is 1.20. The van der Waals surface area contributed by atoms with Crippen LogP contribution >= 0.6 is 0 Å². The van der Waals surface area contributed by atoms with Crippen molar-refractivity contribution in [1.29, 1.82) is 0 Å². The molecule has 2 unspecified atom stereocenters. The van der Waals surface area contributed by atoms with Gasteiger partial charge in [-0.2, -0.15) is 0 Å². The molecule has 55 heavy (non-hydrogen) atoms. The third kappa shape index (κ3) is 39.1. The van der Waals surface area contributed by atoms with E-state index in [1.807, 2.05) is 0 Å². The van der Waals surface area contributed by atoms with Crippen molar-refractivity contribution < 1.29 is 14.7 Å². The van der Waals surface area contributed by atoms with Crippen molar-refractivity contribution in [2.45, 2.75) is 227 Å². The topological polar surface area (TPSA) is 106 Å². The Kier molecular flexibility index (Phi) is 42.4. The minimum Gasteiger partial charge on any atom is -0.395 e. The lowest BCUT2D eigenvalue weighted by Crippen LogP contribution is -2.38. The van der Waals surface area contributed by atoms with Gasteiger partial charge in [0.05, 0.1) is 6.61 Å². The van der Waals surface area contributed by atoms with E-state index in [0.717, 1.165) is 90.8 Å². The Bertz CT molecular complexity index is 801. The van der Waals surface area contributed by atoms with Crippen molar-refractivity contribution in [3.8, 4) is 0 Å². The SMILES string of the molecule is CCCCCCCCC(CCCCCC)CNC(=O)NCCCCCCN(CCO)CCCCCNC(=O)NCC(CCCCCC)CCCCCCCC. The van der Waals surface area contributed by atoms with E-state index >= 15 is 0 Å². The van der Waals surface area contributed by atoms with Crippen LogP contribution in [0.4, 0.5) is 9.59 Å². The molecule has 328 valence electrons. The summed E-state index contributed by atoms with van der Waals surface area (Å²) in [4.78, 5) is 27.4. The summed E-state index contributed by atoms with van der Waals surface area (Å²) in [5, 5.41) is 22.1. The quantitative estimate of drug-likeness (QED) is 0.0397. The zero-order valence-electron chi connectivity index (χ0n) is 37.4. The maximum absolute atomic E-state index is 12.5. The van der Waals surface area contributed by atoms with Gasteiger partial charge in [-0.25, -0.2) is 9.59 Å². The molecule has 0 saturated heterocycles. The van der Waals surface area contributed by atoms with E-state index in [0.29, 0.717) is 11.8 Å². The number of aliphatic hydroxyl groups is 1. The Morgan fingerprint density at radius 2 is 0.709 bits per heavy atom. The predicted octanol–water partition coefficient (Wildman–Crippen LogP) is 12.3. The van der Waals surface area contributed by atoms with Gasteiger partial charge in [0.15, 0.2) is 0 Å². The van der Waals surface area contributed by atoms with Crippen LogP contribution in [0.2, 0.25) is 0 Å². The number of unbranched alkanes of at least 4 members (excludes halogenated alkanes) is 21. The number of hydrogen-bond donors (Lipinski definition) is 5. The first-order valence-electron chi connectivity index (χ1n) is 24.4. The Morgan fingerprint density at radius 3 is 1.09 bits per heavy atom. The van der Waals surface area contributed by atoms with Gasteiger partial charge in [-0.1, -0.05) is 175 Å². The summed E-state index contributed by atoms with van der Waals surface area (Å²) in [6.07, 6.45) is 38.7. The second-order valence-corrected chi connectivity index (χ2v) is 16.9. The molecule has 0 aliphatic rings. The smallest absolute Gasteiger partial charge is 0.314 e. The van der Waals surface area contributed by atoms with Crippen LogP contribution < -0.4 is 21.3 Å². The average molecular weight is 780 g/mol. The molecule has 0 aliphatic heterocycles. The highest BCUT2D eigenvalue weighted by Crippen LogP contribution is 2.20. The lowest BCUT2D eigenvalue weighted by atomic mass is 9.94. The number of hydrogen-bond acceptors (Lipinski definition) is 4. The molecule has 0 heterocycles. The standard InChI is InChI=1S/C47H97N5O3/c1-5-9-13-17-19-26-34-44(32-24-15-11-7-3)42-50-46(54)48-36-28-21-22-30-38-52(40-41-53)39-31-23-29-37-49-47(55)51-43-45(33-25-16-12-8-4)35-27-20-18-14-10-6-2/h44-45,53H,5-43H2,1-4H3,(H2,48,50,54)(H2,49,51,55). The molecule has 0 aromatic rings. The van der Waals surface area contributed by atoms with Gasteiger partial charge in [0, 0.05) is 32.7 Å². The minimum absolute atomic E-state index is 0.00735. The van der Waals surface area contributed by atoms with Crippen molar-refractivity contribution >= 4 is 12.1 Å². The summed E-state index contributed by atoms with van der Waals surface area (Å²) in [6, 6.07) is -0.0214. The monoisotopic (exact) mass is 780 g/mol. The molecule has 2 atom stereocenters. The van der Waals surface area contributed by atoms with Crippen LogP contribution in [0.3, 0.4) is 0 Å². The summed E-state index contributed by atoms with van der Waals surface area (Å²) < 4.78 is 0. The van der Waals surface area contributed by atoms with Crippen LogP contribution in [-0.4, -0.2) is 74.5 Å².